The number of aromatic nitrogens is 1. The summed E-state index contributed by atoms with van der Waals surface area (Å²) in [5, 5.41) is 8.66. The van der Waals surface area contributed by atoms with Gasteiger partial charge in [0.1, 0.15) is 0 Å². The molecule has 1 amide bonds. The van der Waals surface area contributed by atoms with Crippen LogP contribution in [0.25, 0.3) is 0 Å². The zero-order valence-corrected chi connectivity index (χ0v) is 8.76. The summed E-state index contributed by atoms with van der Waals surface area (Å²) in [6.45, 7) is 0.0984. The summed E-state index contributed by atoms with van der Waals surface area (Å²) in [5.74, 6) is -0.551. The topological polar surface area (TPSA) is 94.6 Å². The normalized spacial score (nSPS) is 10.1. The summed E-state index contributed by atoms with van der Waals surface area (Å²) >= 11 is 0. The highest BCUT2D eigenvalue weighted by atomic mass is 16.5. The molecule has 16 heavy (non-hydrogen) atoms. The van der Waals surface area contributed by atoms with E-state index in [2.05, 4.69) is 0 Å². The van der Waals surface area contributed by atoms with E-state index in [1.807, 2.05) is 0 Å². The van der Waals surface area contributed by atoms with Gasteiger partial charge in [-0.1, -0.05) is 0 Å². The van der Waals surface area contributed by atoms with E-state index < -0.39 is 5.91 Å². The van der Waals surface area contributed by atoms with Gasteiger partial charge in [0.25, 0.3) is 11.5 Å². The number of carbonyl (C=O) groups is 1. The van der Waals surface area contributed by atoms with Crippen LogP contribution < -0.4 is 16.0 Å². The summed E-state index contributed by atoms with van der Waals surface area (Å²) in [6, 6.07) is 3.11. The maximum atomic E-state index is 11.7. The summed E-state index contributed by atoms with van der Waals surface area (Å²) in [6.07, 6.45) is 2.08. The number of amides is 1. The number of carbonyl (C=O) groups excluding carboxylic acids is 1. The second-order valence-corrected chi connectivity index (χ2v) is 3.20. The Morgan fingerprint density at radius 1 is 1.56 bits per heavy atom. The molecule has 1 rings (SSSR count). The summed E-state index contributed by atoms with van der Waals surface area (Å²) in [4.78, 5) is 22.2. The van der Waals surface area contributed by atoms with Crippen LogP contribution in [0.4, 0.5) is 0 Å². The van der Waals surface area contributed by atoms with Crippen molar-refractivity contribution in [3.63, 3.8) is 0 Å². The highest BCUT2D eigenvalue weighted by molar-refractivity contribution is 5.75. The van der Waals surface area contributed by atoms with E-state index in [-0.39, 0.29) is 24.5 Å². The Kier molecular flexibility index (Phi) is 4.53. The van der Waals surface area contributed by atoms with Gasteiger partial charge in [-0.15, -0.1) is 0 Å². The molecule has 1 heterocycles. The van der Waals surface area contributed by atoms with Crippen LogP contribution in [0.2, 0.25) is 0 Å². The van der Waals surface area contributed by atoms with Gasteiger partial charge in [-0.2, -0.15) is 0 Å². The molecule has 88 valence electrons. The molecule has 0 aliphatic heterocycles. The van der Waals surface area contributed by atoms with Crippen molar-refractivity contribution in [3.8, 4) is 5.75 Å². The van der Waals surface area contributed by atoms with E-state index in [0.717, 1.165) is 0 Å². The van der Waals surface area contributed by atoms with E-state index in [0.29, 0.717) is 13.0 Å². The van der Waals surface area contributed by atoms with E-state index in [9.17, 15) is 9.59 Å². The molecule has 1 aromatic rings. The van der Waals surface area contributed by atoms with Crippen LogP contribution in [0.5, 0.6) is 5.75 Å². The Hall–Kier alpha value is -1.82. The lowest BCUT2D eigenvalue weighted by molar-refractivity contribution is -0.119. The van der Waals surface area contributed by atoms with Crippen molar-refractivity contribution in [1.82, 2.24) is 4.57 Å². The van der Waals surface area contributed by atoms with Crippen LogP contribution in [0, 0.1) is 0 Å². The van der Waals surface area contributed by atoms with Gasteiger partial charge >= 0.3 is 0 Å². The first-order valence-corrected chi connectivity index (χ1v) is 4.86. The van der Waals surface area contributed by atoms with Crippen molar-refractivity contribution < 1.29 is 14.6 Å². The number of nitrogens with zero attached hydrogens (tertiary/aromatic N) is 1. The van der Waals surface area contributed by atoms with Gasteiger partial charge in [-0.05, 0) is 18.6 Å². The molecule has 0 spiro atoms. The molecule has 6 heteroatoms. The van der Waals surface area contributed by atoms with Crippen LogP contribution in [-0.4, -0.2) is 28.8 Å². The van der Waals surface area contributed by atoms with Crippen LogP contribution in [0.1, 0.15) is 6.42 Å². The smallest absolute Gasteiger partial charge is 0.292 e. The minimum Gasteiger partial charge on any atom is -0.478 e. The third kappa shape index (κ3) is 3.39. The lowest BCUT2D eigenvalue weighted by Gasteiger charge is -2.07. The first kappa shape index (κ1) is 12.3. The molecular weight excluding hydrogens is 212 g/mol. The fourth-order valence-electron chi connectivity index (χ4n) is 1.19. The van der Waals surface area contributed by atoms with E-state index in [1.165, 1.54) is 10.6 Å². The zero-order chi connectivity index (χ0) is 12.0. The van der Waals surface area contributed by atoms with Gasteiger partial charge in [0.2, 0.25) is 0 Å². The van der Waals surface area contributed by atoms with E-state index in [1.54, 1.807) is 12.3 Å². The molecule has 0 aromatic carbocycles. The predicted molar refractivity (Wildman–Crippen MR) is 57.1 cm³/mol. The quantitative estimate of drug-likeness (QED) is 0.656. The van der Waals surface area contributed by atoms with Crippen molar-refractivity contribution >= 4 is 5.91 Å². The Bertz CT molecular complexity index is 414. The molecule has 0 unspecified atom stereocenters. The summed E-state index contributed by atoms with van der Waals surface area (Å²) in [5.41, 5.74) is 4.57. The molecule has 1 aromatic heterocycles. The number of nitrogens with two attached hydrogens (primary N) is 1. The van der Waals surface area contributed by atoms with Crippen LogP contribution in [-0.2, 0) is 11.3 Å². The van der Waals surface area contributed by atoms with Crippen molar-refractivity contribution in [2.45, 2.75) is 13.0 Å². The molecule has 3 N–H and O–H groups in total. The molecule has 0 saturated carbocycles. The minimum absolute atomic E-state index is 0.0127. The largest absolute Gasteiger partial charge is 0.478 e. The maximum Gasteiger partial charge on any atom is 0.292 e. The zero-order valence-electron chi connectivity index (χ0n) is 8.76. The van der Waals surface area contributed by atoms with Crippen molar-refractivity contribution in [2.75, 3.05) is 13.2 Å². The molecule has 0 aliphatic carbocycles. The Morgan fingerprint density at radius 2 is 2.31 bits per heavy atom. The highest BCUT2D eigenvalue weighted by Gasteiger charge is 2.05. The average molecular weight is 226 g/mol. The number of pyridine rings is 1. The molecule has 0 bridgehead atoms. The van der Waals surface area contributed by atoms with E-state index >= 15 is 0 Å². The monoisotopic (exact) mass is 226 g/mol. The van der Waals surface area contributed by atoms with Gasteiger partial charge in [-0.25, -0.2) is 0 Å². The molecule has 0 radical (unpaired) electrons. The third-order valence-electron chi connectivity index (χ3n) is 1.91. The van der Waals surface area contributed by atoms with Crippen molar-refractivity contribution in [2.24, 2.45) is 5.73 Å². The minimum atomic E-state index is -0.634. The lowest BCUT2D eigenvalue weighted by Crippen LogP contribution is -2.26. The van der Waals surface area contributed by atoms with Crippen molar-refractivity contribution in [3.05, 3.63) is 28.7 Å². The second kappa shape index (κ2) is 5.92. The number of aliphatic hydroxyl groups is 1. The standard InChI is InChI=1S/C10H14N2O4/c11-9(14)7-16-8-3-1-4-12(10(8)15)5-2-6-13/h1,3-4,13H,2,5-7H2,(H2,11,14). The highest BCUT2D eigenvalue weighted by Crippen LogP contribution is 2.01. The van der Waals surface area contributed by atoms with Gasteiger partial charge in [-0.3, -0.25) is 9.59 Å². The number of hydrogen-bond donors (Lipinski definition) is 2. The predicted octanol–water partition coefficient (Wildman–Crippen LogP) is -0.905. The SMILES string of the molecule is NC(=O)COc1cccn(CCCO)c1=O. The van der Waals surface area contributed by atoms with Crippen LogP contribution >= 0.6 is 0 Å². The maximum absolute atomic E-state index is 11.7. The average Bonchev–Trinajstić information content (AvgIpc) is 2.26. The van der Waals surface area contributed by atoms with E-state index in [4.69, 9.17) is 15.6 Å². The molecule has 0 aliphatic rings. The molecular formula is C10H14N2O4. The number of rotatable bonds is 6. The van der Waals surface area contributed by atoms with Gasteiger partial charge < -0.3 is 20.1 Å². The summed E-state index contributed by atoms with van der Waals surface area (Å²) < 4.78 is 6.36. The number of aryl methyl sites for hydroxylation is 1. The van der Waals surface area contributed by atoms with Crippen LogP contribution in [0.3, 0.4) is 0 Å². The fraction of sp³-hybridized carbons (Fsp3) is 0.400. The van der Waals surface area contributed by atoms with Crippen molar-refractivity contribution in [1.29, 1.82) is 0 Å². The molecule has 0 atom stereocenters. The molecule has 6 nitrogen and oxygen atoms in total. The van der Waals surface area contributed by atoms with Crippen LogP contribution in [0.15, 0.2) is 23.1 Å². The summed E-state index contributed by atoms with van der Waals surface area (Å²) in [7, 11) is 0. The number of hydrogen-bond acceptors (Lipinski definition) is 4. The fourth-order valence-corrected chi connectivity index (χ4v) is 1.19. The lowest BCUT2D eigenvalue weighted by atomic mass is 10.4. The first-order chi connectivity index (χ1) is 7.65. The number of primary amides is 1. The van der Waals surface area contributed by atoms with Gasteiger partial charge in [0.05, 0.1) is 0 Å². The number of ether oxygens (including phenoxy) is 1. The first-order valence-electron chi connectivity index (χ1n) is 4.86. The van der Waals surface area contributed by atoms with Gasteiger partial charge in [0.15, 0.2) is 12.4 Å². The third-order valence-corrected chi connectivity index (χ3v) is 1.91. The molecule has 0 fully saturated rings. The number of aliphatic hydroxyl groups excluding tert-OH is 1. The second-order valence-electron chi connectivity index (χ2n) is 3.20. The Balaban J connectivity index is 2.78. The molecule has 0 saturated heterocycles. The Morgan fingerprint density at radius 3 is 2.94 bits per heavy atom. The van der Waals surface area contributed by atoms with Gasteiger partial charge in [0, 0.05) is 19.3 Å². The Labute approximate surface area is 92.3 Å².